The van der Waals surface area contributed by atoms with Gasteiger partial charge >= 0.3 is 0 Å². The molecule has 21 heavy (non-hydrogen) atoms. The molecule has 2 atom stereocenters. The van der Waals surface area contributed by atoms with Crippen LogP contribution in [0.3, 0.4) is 0 Å². The lowest BCUT2D eigenvalue weighted by atomic mass is 10.1. The third kappa shape index (κ3) is 3.81. The lowest BCUT2D eigenvalue weighted by molar-refractivity contribution is -0.119. The molecule has 116 valence electrons. The van der Waals surface area contributed by atoms with E-state index in [1.54, 1.807) is 12.1 Å². The van der Waals surface area contributed by atoms with Gasteiger partial charge in [-0.05, 0) is 43.4 Å². The highest BCUT2D eigenvalue weighted by Gasteiger charge is 2.28. The van der Waals surface area contributed by atoms with Crippen molar-refractivity contribution in [2.24, 2.45) is 16.8 Å². The Hall–Kier alpha value is -1.44. The minimum absolute atomic E-state index is 0.0610. The first-order chi connectivity index (χ1) is 9.81. The number of anilines is 1. The summed E-state index contributed by atoms with van der Waals surface area (Å²) in [5.74, 6) is -0.226. The Balaban J connectivity index is 2.19. The van der Waals surface area contributed by atoms with Crippen LogP contribution in [0.5, 0.6) is 0 Å². The predicted octanol–water partition coefficient (Wildman–Crippen LogP) is 0.962. The van der Waals surface area contributed by atoms with E-state index in [1.807, 2.05) is 6.92 Å². The van der Waals surface area contributed by atoms with Gasteiger partial charge in [-0.15, -0.1) is 0 Å². The molecule has 2 unspecified atom stereocenters. The largest absolute Gasteiger partial charge is 0.328 e. The molecule has 1 aliphatic rings. The van der Waals surface area contributed by atoms with Gasteiger partial charge in [0.1, 0.15) is 0 Å². The molecule has 0 bridgehead atoms. The van der Waals surface area contributed by atoms with Crippen LogP contribution >= 0.6 is 0 Å². The number of benzene rings is 1. The normalized spacial score (nSPS) is 22.2. The molecule has 0 aliphatic heterocycles. The summed E-state index contributed by atoms with van der Waals surface area (Å²) in [5.41, 5.74) is 6.88. The fraction of sp³-hybridized carbons (Fsp3) is 0.500. The van der Waals surface area contributed by atoms with Crippen LogP contribution < -0.4 is 16.2 Å². The molecule has 0 heterocycles. The highest BCUT2D eigenvalue weighted by atomic mass is 32.2. The summed E-state index contributed by atoms with van der Waals surface area (Å²) in [6.07, 6.45) is 2.83. The molecule has 5 N–H and O–H groups in total. The average molecular weight is 311 g/mol. The Morgan fingerprint density at radius 3 is 2.62 bits per heavy atom. The Morgan fingerprint density at radius 2 is 2.10 bits per heavy atom. The zero-order chi connectivity index (χ0) is 15.6. The summed E-state index contributed by atoms with van der Waals surface area (Å²) in [7, 11) is -3.80. The zero-order valence-electron chi connectivity index (χ0n) is 12.0. The van der Waals surface area contributed by atoms with Gasteiger partial charge in [0.2, 0.25) is 15.9 Å². The van der Waals surface area contributed by atoms with Crippen molar-refractivity contribution in [1.29, 1.82) is 0 Å². The van der Waals surface area contributed by atoms with E-state index in [-0.39, 0.29) is 22.8 Å². The van der Waals surface area contributed by atoms with Crippen molar-refractivity contribution in [1.82, 2.24) is 0 Å². The van der Waals surface area contributed by atoms with Crippen LogP contribution in [0.15, 0.2) is 23.1 Å². The van der Waals surface area contributed by atoms with Gasteiger partial charge in [-0.2, -0.15) is 0 Å². The molecule has 1 aliphatic carbocycles. The fourth-order valence-corrected chi connectivity index (χ4v) is 3.56. The Labute approximate surface area is 124 Å². The van der Waals surface area contributed by atoms with E-state index in [1.165, 1.54) is 6.07 Å². The topological polar surface area (TPSA) is 115 Å². The third-order valence-corrected chi connectivity index (χ3v) is 4.86. The van der Waals surface area contributed by atoms with E-state index in [4.69, 9.17) is 10.9 Å². The third-order valence-electron chi connectivity index (χ3n) is 3.87. The molecule has 1 amide bonds. The Morgan fingerprint density at radius 1 is 1.38 bits per heavy atom. The predicted molar refractivity (Wildman–Crippen MR) is 81.1 cm³/mol. The van der Waals surface area contributed by atoms with E-state index in [2.05, 4.69) is 5.32 Å². The molecule has 1 aromatic rings. The first-order valence-corrected chi connectivity index (χ1v) is 8.58. The van der Waals surface area contributed by atoms with Crippen molar-refractivity contribution < 1.29 is 13.2 Å². The van der Waals surface area contributed by atoms with Crippen LogP contribution in [0, 0.1) is 5.92 Å². The summed E-state index contributed by atoms with van der Waals surface area (Å²) in [5, 5.41) is 7.97. The minimum atomic E-state index is -3.80. The molecule has 1 saturated carbocycles. The summed E-state index contributed by atoms with van der Waals surface area (Å²) in [6.45, 7) is 1.85. The number of nitrogens with two attached hydrogens (primary N) is 2. The Kier molecular flexibility index (Phi) is 4.65. The van der Waals surface area contributed by atoms with Crippen LogP contribution in [0.4, 0.5) is 5.69 Å². The molecule has 0 radical (unpaired) electrons. The second-order valence-electron chi connectivity index (χ2n) is 5.48. The summed E-state index contributed by atoms with van der Waals surface area (Å²) < 4.78 is 23.2. The molecule has 0 aromatic heterocycles. The maximum atomic E-state index is 12.1. The van der Waals surface area contributed by atoms with Gasteiger partial charge in [0, 0.05) is 17.6 Å². The monoisotopic (exact) mass is 311 g/mol. The number of hydrogen-bond donors (Lipinski definition) is 3. The van der Waals surface area contributed by atoms with Crippen molar-refractivity contribution in [3.8, 4) is 0 Å². The number of hydrogen-bond acceptors (Lipinski definition) is 4. The van der Waals surface area contributed by atoms with Crippen LogP contribution in [-0.2, 0) is 21.2 Å². The van der Waals surface area contributed by atoms with E-state index < -0.39 is 10.0 Å². The quantitative estimate of drug-likeness (QED) is 0.768. The molecular formula is C14H21N3O3S. The van der Waals surface area contributed by atoms with Crippen LogP contribution in [0.25, 0.3) is 0 Å². The van der Waals surface area contributed by atoms with Gasteiger partial charge in [-0.1, -0.05) is 13.0 Å². The SMILES string of the molecule is CCc1ccc(NC(=O)C2CCC(N)C2)cc1S(N)(=O)=O. The number of aryl methyl sites for hydroxylation is 1. The van der Waals surface area contributed by atoms with E-state index in [0.29, 0.717) is 24.1 Å². The number of nitrogens with one attached hydrogen (secondary N) is 1. The fourth-order valence-electron chi connectivity index (χ4n) is 2.69. The summed E-state index contributed by atoms with van der Waals surface area (Å²) in [6, 6.07) is 4.86. The first-order valence-electron chi connectivity index (χ1n) is 7.03. The minimum Gasteiger partial charge on any atom is -0.328 e. The van der Waals surface area contributed by atoms with Crippen molar-refractivity contribution >= 4 is 21.6 Å². The molecule has 0 saturated heterocycles. The highest BCUT2D eigenvalue weighted by molar-refractivity contribution is 7.89. The summed E-state index contributed by atoms with van der Waals surface area (Å²) in [4.78, 5) is 12.2. The number of sulfonamides is 1. The summed E-state index contributed by atoms with van der Waals surface area (Å²) >= 11 is 0. The average Bonchev–Trinajstić information content (AvgIpc) is 2.84. The smallest absolute Gasteiger partial charge is 0.238 e. The number of rotatable bonds is 4. The standard InChI is InChI=1S/C14H21N3O3S/c1-2-9-4-6-12(8-13(9)21(16,19)20)17-14(18)10-3-5-11(15)7-10/h4,6,8,10-11H,2-3,5,7,15H2,1H3,(H,17,18)(H2,16,19,20). The second-order valence-corrected chi connectivity index (χ2v) is 7.01. The van der Waals surface area contributed by atoms with Gasteiger partial charge < -0.3 is 11.1 Å². The lowest BCUT2D eigenvalue weighted by Crippen LogP contribution is -2.23. The van der Waals surface area contributed by atoms with Crippen LogP contribution in [0.2, 0.25) is 0 Å². The van der Waals surface area contributed by atoms with Crippen molar-refractivity contribution in [2.45, 2.75) is 43.5 Å². The van der Waals surface area contributed by atoms with Gasteiger partial charge in [0.25, 0.3) is 0 Å². The molecule has 7 heteroatoms. The maximum absolute atomic E-state index is 12.1. The molecular weight excluding hydrogens is 290 g/mol. The van der Waals surface area contributed by atoms with Crippen molar-refractivity contribution in [3.05, 3.63) is 23.8 Å². The van der Waals surface area contributed by atoms with Crippen LogP contribution in [-0.4, -0.2) is 20.4 Å². The highest BCUT2D eigenvalue weighted by Crippen LogP contribution is 2.26. The first kappa shape index (κ1) is 15.9. The van der Waals surface area contributed by atoms with E-state index in [9.17, 15) is 13.2 Å². The van der Waals surface area contributed by atoms with Gasteiger partial charge in [0.15, 0.2) is 0 Å². The molecule has 2 rings (SSSR count). The molecule has 0 spiro atoms. The molecule has 6 nitrogen and oxygen atoms in total. The van der Waals surface area contributed by atoms with Crippen LogP contribution in [0.1, 0.15) is 31.7 Å². The van der Waals surface area contributed by atoms with Crippen molar-refractivity contribution in [3.63, 3.8) is 0 Å². The van der Waals surface area contributed by atoms with E-state index >= 15 is 0 Å². The number of primary sulfonamides is 1. The Bertz CT molecular complexity index is 643. The zero-order valence-corrected chi connectivity index (χ0v) is 12.8. The number of amides is 1. The van der Waals surface area contributed by atoms with Gasteiger partial charge in [-0.25, -0.2) is 13.6 Å². The van der Waals surface area contributed by atoms with Gasteiger partial charge in [-0.3, -0.25) is 4.79 Å². The maximum Gasteiger partial charge on any atom is 0.238 e. The molecule has 1 fully saturated rings. The van der Waals surface area contributed by atoms with Crippen molar-refractivity contribution in [2.75, 3.05) is 5.32 Å². The number of carbonyl (C=O) groups is 1. The second kappa shape index (κ2) is 6.13. The number of carbonyl (C=O) groups excluding carboxylic acids is 1. The molecule has 1 aromatic carbocycles. The van der Waals surface area contributed by atoms with Gasteiger partial charge in [0.05, 0.1) is 4.90 Å². The lowest BCUT2D eigenvalue weighted by Gasteiger charge is -2.13. The van der Waals surface area contributed by atoms with E-state index in [0.717, 1.165) is 12.8 Å².